The van der Waals surface area contributed by atoms with Gasteiger partial charge in [0.15, 0.2) is 0 Å². The summed E-state index contributed by atoms with van der Waals surface area (Å²) in [6.07, 6.45) is 8.68. The lowest BCUT2D eigenvalue weighted by atomic mass is 10.2. The number of hydrogen-bond donors (Lipinski definition) is 2. The molecule has 1 unspecified atom stereocenters. The van der Waals surface area contributed by atoms with Gasteiger partial charge >= 0.3 is 0 Å². The van der Waals surface area contributed by atoms with E-state index in [1.54, 1.807) is 0 Å². The van der Waals surface area contributed by atoms with Gasteiger partial charge in [0.05, 0.1) is 0 Å². The zero-order valence-electron chi connectivity index (χ0n) is 7.49. The highest BCUT2D eigenvalue weighted by atomic mass is 17.1. The molecule has 4 heteroatoms. The summed E-state index contributed by atoms with van der Waals surface area (Å²) >= 11 is 0. The fraction of sp³-hybridized carbons (Fsp3) is 0.333. The molecule has 0 radical (unpaired) electrons. The van der Waals surface area contributed by atoms with Gasteiger partial charge in [0.25, 0.3) is 0 Å². The topological polar surface area (TPSA) is 57.0 Å². The number of hydrogen-bond acceptors (Lipinski definition) is 3. The van der Waals surface area contributed by atoms with E-state index in [9.17, 15) is 5.21 Å². The third-order valence-electron chi connectivity index (χ3n) is 1.74. The highest BCUT2D eigenvalue weighted by molar-refractivity contribution is 5.31. The molecule has 4 nitrogen and oxygen atoms in total. The summed E-state index contributed by atoms with van der Waals surface area (Å²) in [5.74, 6) is 0. The van der Waals surface area contributed by atoms with Crippen molar-refractivity contribution in [3.63, 3.8) is 0 Å². The van der Waals surface area contributed by atoms with Gasteiger partial charge in [-0.1, -0.05) is 35.3 Å². The van der Waals surface area contributed by atoms with Crippen LogP contribution in [0.3, 0.4) is 0 Å². The fourth-order valence-electron chi connectivity index (χ4n) is 1.02. The molecular formula is C9H13NO3. The Kier molecular flexibility index (Phi) is 3.85. The summed E-state index contributed by atoms with van der Waals surface area (Å²) in [5, 5.41) is 17.2. The van der Waals surface area contributed by atoms with Crippen molar-refractivity contribution in [3.05, 3.63) is 40.7 Å². The number of quaternary nitrogens is 1. The predicted molar refractivity (Wildman–Crippen MR) is 47.7 cm³/mol. The quantitative estimate of drug-likeness (QED) is 0.627. The lowest BCUT2D eigenvalue weighted by molar-refractivity contribution is -1.21. The molecule has 72 valence electrons. The van der Waals surface area contributed by atoms with Crippen LogP contribution in [-0.4, -0.2) is 11.8 Å². The molecule has 1 aliphatic rings. The molecule has 0 fully saturated rings. The third kappa shape index (κ3) is 4.00. The van der Waals surface area contributed by atoms with Gasteiger partial charge in [-0.15, -0.1) is 0 Å². The van der Waals surface area contributed by atoms with Gasteiger partial charge in [-0.25, -0.2) is 0 Å². The normalized spacial score (nSPS) is 19.0. The maximum atomic E-state index is 10.1. The van der Waals surface area contributed by atoms with E-state index in [1.807, 2.05) is 25.2 Å². The Labute approximate surface area is 76.9 Å². The Morgan fingerprint density at radius 1 is 1.54 bits per heavy atom. The molecule has 0 bridgehead atoms. The van der Waals surface area contributed by atoms with Crippen LogP contribution in [0.25, 0.3) is 0 Å². The Hall–Kier alpha value is -0.940. The van der Waals surface area contributed by atoms with Gasteiger partial charge < -0.3 is 5.21 Å². The average molecular weight is 183 g/mol. The van der Waals surface area contributed by atoms with Crippen LogP contribution in [0, 0.1) is 5.21 Å². The first-order valence-corrected chi connectivity index (χ1v) is 4.08. The van der Waals surface area contributed by atoms with E-state index in [4.69, 9.17) is 5.21 Å². The number of nitrogens with one attached hydrogen (secondary N) is 1. The van der Waals surface area contributed by atoms with Gasteiger partial charge in [-0.05, 0) is 18.9 Å². The highest BCUT2D eigenvalue weighted by Gasteiger charge is 1.99. The maximum absolute atomic E-state index is 10.1. The largest absolute Gasteiger partial charge is 0.566 e. The first kappa shape index (κ1) is 10.1. The second-order valence-electron chi connectivity index (χ2n) is 2.85. The molecule has 0 heterocycles. The first-order valence-electron chi connectivity index (χ1n) is 4.08. The summed E-state index contributed by atoms with van der Waals surface area (Å²) in [6, 6.07) is 0. The van der Waals surface area contributed by atoms with Gasteiger partial charge in [0.2, 0.25) is 0 Å². The van der Waals surface area contributed by atoms with Crippen molar-refractivity contribution in [2.24, 2.45) is 0 Å². The van der Waals surface area contributed by atoms with Crippen molar-refractivity contribution >= 4 is 0 Å². The lowest BCUT2D eigenvalue weighted by Crippen LogP contribution is -3.03. The lowest BCUT2D eigenvalue weighted by Gasteiger charge is -2.09. The van der Waals surface area contributed by atoms with Crippen LogP contribution in [-0.2, 0) is 4.84 Å². The molecule has 0 saturated heterocycles. The van der Waals surface area contributed by atoms with E-state index in [-0.39, 0.29) is 6.61 Å². The zero-order valence-corrected chi connectivity index (χ0v) is 7.49. The molecule has 0 aromatic carbocycles. The van der Waals surface area contributed by atoms with Gasteiger partial charge in [-0.3, -0.25) is 0 Å². The smallest absolute Gasteiger partial charge is 0.135 e. The highest BCUT2D eigenvalue weighted by Crippen LogP contribution is 2.09. The first-order chi connectivity index (χ1) is 6.18. The van der Waals surface area contributed by atoms with Crippen LogP contribution in [0.4, 0.5) is 0 Å². The summed E-state index contributed by atoms with van der Waals surface area (Å²) in [6.45, 7) is 2.14. The third-order valence-corrected chi connectivity index (χ3v) is 1.74. The summed E-state index contributed by atoms with van der Waals surface area (Å²) in [4.78, 5) is 4.45. The number of rotatable bonds is 3. The standard InChI is InChI=1S/C9H13NO3/c1-8-3-2-4-9(6-5-8)7-13-10(11)12/h3-6,10-11H,2,7H2,1H3. The minimum atomic E-state index is -1.23. The summed E-state index contributed by atoms with van der Waals surface area (Å²) in [7, 11) is 0. The maximum Gasteiger partial charge on any atom is 0.135 e. The minimum absolute atomic E-state index is 0.132. The van der Waals surface area contributed by atoms with Crippen LogP contribution in [0.5, 0.6) is 0 Å². The molecule has 1 aliphatic carbocycles. The summed E-state index contributed by atoms with van der Waals surface area (Å²) in [5.41, 5.74) is 2.08. The molecule has 0 spiro atoms. The van der Waals surface area contributed by atoms with Crippen molar-refractivity contribution < 1.29 is 15.4 Å². The Bertz CT molecular complexity index is 254. The molecular weight excluding hydrogens is 170 g/mol. The second-order valence-corrected chi connectivity index (χ2v) is 2.85. The molecule has 13 heavy (non-hydrogen) atoms. The van der Waals surface area contributed by atoms with Crippen molar-refractivity contribution in [3.8, 4) is 0 Å². The van der Waals surface area contributed by atoms with E-state index in [2.05, 4.69) is 10.9 Å². The molecule has 1 rings (SSSR count). The van der Waals surface area contributed by atoms with E-state index >= 15 is 0 Å². The molecule has 0 aliphatic heterocycles. The SMILES string of the molecule is CC1=CCC=C(CO[NH+]([O-])O)C=C1. The molecule has 0 amide bonds. The second kappa shape index (κ2) is 4.94. The van der Waals surface area contributed by atoms with Crippen molar-refractivity contribution in [2.75, 3.05) is 6.61 Å². The fourth-order valence-corrected chi connectivity index (χ4v) is 1.02. The van der Waals surface area contributed by atoms with E-state index in [1.165, 1.54) is 5.57 Å². The molecule has 0 aromatic rings. The van der Waals surface area contributed by atoms with Gasteiger partial charge in [0, 0.05) is 0 Å². The van der Waals surface area contributed by atoms with Crippen LogP contribution in [0.15, 0.2) is 35.5 Å². The van der Waals surface area contributed by atoms with Gasteiger partial charge in [0.1, 0.15) is 6.61 Å². The zero-order chi connectivity index (χ0) is 9.68. The van der Waals surface area contributed by atoms with E-state index < -0.39 is 5.39 Å². The van der Waals surface area contributed by atoms with Crippen molar-refractivity contribution in [1.82, 2.24) is 0 Å². The van der Waals surface area contributed by atoms with Crippen LogP contribution in [0.1, 0.15) is 13.3 Å². The predicted octanol–water partition coefficient (Wildman–Crippen LogP) is 0.523. The van der Waals surface area contributed by atoms with Crippen LogP contribution >= 0.6 is 0 Å². The van der Waals surface area contributed by atoms with Crippen LogP contribution in [0.2, 0.25) is 0 Å². The van der Waals surface area contributed by atoms with Gasteiger partial charge in [-0.2, -0.15) is 10.0 Å². The average Bonchev–Trinajstić information content (AvgIpc) is 2.27. The van der Waals surface area contributed by atoms with Crippen molar-refractivity contribution in [1.29, 1.82) is 0 Å². The van der Waals surface area contributed by atoms with E-state index in [0.717, 1.165) is 12.0 Å². The molecule has 1 atom stereocenters. The molecule has 2 N–H and O–H groups in total. The van der Waals surface area contributed by atoms with Crippen LogP contribution < -0.4 is 5.39 Å². The number of allylic oxidation sites excluding steroid dienone is 4. The minimum Gasteiger partial charge on any atom is -0.566 e. The monoisotopic (exact) mass is 183 g/mol. The molecule has 0 saturated carbocycles. The summed E-state index contributed by atoms with van der Waals surface area (Å²) < 4.78 is 0. The van der Waals surface area contributed by atoms with Crippen molar-refractivity contribution in [2.45, 2.75) is 13.3 Å². The Balaban J connectivity index is 2.44. The molecule has 0 aromatic heterocycles. The Morgan fingerprint density at radius 3 is 3.00 bits per heavy atom. The van der Waals surface area contributed by atoms with E-state index in [0.29, 0.717) is 0 Å². The Morgan fingerprint density at radius 2 is 2.31 bits per heavy atom.